The summed E-state index contributed by atoms with van der Waals surface area (Å²) >= 11 is 0. The first-order valence-corrected chi connectivity index (χ1v) is 8.37. The molecule has 0 radical (unpaired) electrons. The van der Waals surface area contributed by atoms with Gasteiger partial charge >= 0.3 is 0 Å². The lowest BCUT2D eigenvalue weighted by Crippen LogP contribution is -2.12. The summed E-state index contributed by atoms with van der Waals surface area (Å²) in [5, 5.41) is 0. The Kier molecular flexibility index (Phi) is 5.49. The van der Waals surface area contributed by atoms with Gasteiger partial charge in [-0.25, -0.2) is 0 Å². The van der Waals surface area contributed by atoms with E-state index in [0.29, 0.717) is 0 Å². The highest BCUT2D eigenvalue weighted by molar-refractivity contribution is 5.85. The second-order valence-electron chi connectivity index (χ2n) is 7.72. The number of hydrogen-bond acceptors (Lipinski definition) is 0. The Hall–Kier alpha value is -1.30. The minimum absolute atomic E-state index is 0.172. The molecule has 1 aromatic carbocycles. The minimum Gasteiger partial charge on any atom is -0.0841 e. The standard InChI is InChI=1S/C22H34/c1-12-13(2)20(19(8)22(9,10)11)21-17(6)15(4)14(3)16(5)18(21)7/h12H,1-11H3/b13-12-,20-19+. The molecule has 0 atom stereocenters. The Balaban J connectivity index is 3.98. The molecule has 0 bridgehead atoms. The van der Waals surface area contributed by atoms with Gasteiger partial charge in [-0.1, -0.05) is 32.4 Å². The average Bonchev–Trinajstić information content (AvgIpc) is 2.45. The highest BCUT2D eigenvalue weighted by Gasteiger charge is 2.23. The largest absolute Gasteiger partial charge is 0.0841 e. The van der Waals surface area contributed by atoms with Crippen LogP contribution in [0, 0.1) is 40.0 Å². The normalized spacial score (nSPS) is 14.2. The molecule has 0 aliphatic rings. The molecule has 0 aliphatic heterocycles. The van der Waals surface area contributed by atoms with Crippen LogP contribution in [-0.4, -0.2) is 0 Å². The zero-order valence-electron chi connectivity index (χ0n) is 16.6. The monoisotopic (exact) mass is 298 g/mol. The van der Waals surface area contributed by atoms with Gasteiger partial charge in [0, 0.05) is 0 Å². The molecular formula is C22H34. The third-order valence-electron chi connectivity index (χ3n) is 5.58. The molecule has 0 nitrogen and oxygen atoms in total. The fourth-order valence-electron chi connectivity index (χ4n) is 3.07. The predicted octanol–water partition coefficient (Wildman–Crippen LogP) is 7.01. The van der Waals surface area contributed by atoms with Gasteiger partial charge in [0.05, 0.1) is 0 Å². The Labute approximate surface area is 138 Å². The molecule has 0 spiro atoms. The molecule has 0 aliphatic carbocycles. The molecule has 0 unspecified atom stereocenters. The first-order chi connectivity index (χ1) is 9.95. The maximum Gasteiger partial charge on any atom is -0.0118 e. The lowest BCUT2D eigenvalue weighted by Gasteiger charge is -2.28. The first-order valence-electron chi connectivity index (χ1n) is 8.37. The van der Waals surface area contributed by atoms with E-state index < -0.39 is 0 Å². The molecule has 22 heavy (non-hydrogen) atoms. The van der Waals surface area contributed by atoms with E-state index in [1.165, 1.54) is 50.1 Å². The summed E-state index contributed by atoms with van der Waals surface area (Å²) in [5.41, 5.74) is 13.1. The molecule has 0 heterocycles. The quantitative estimate of drug-likeness (QED) is 0.515. The molecule has 0 saturated heterocycles. The summed E-state index contributed by atoms with van der Waals surface area (Å²) in [6.45, 7) is 24.9. The summed E-state index contributed by atoms with van der Waals surface area (Å²) in [7, 11) is 0. The second kappa shape index (κ2) is 6.44. The second-order valence-corrected chi connectivity index (χ2v) is 7.72. The maximum atomic E-state index is 2.31. The van der Waals surface area contributed by atoms with Crippen molar-refractivity contribution in [1.82, 2.24) is 0 Å². The Bertz CT molecular complexity index is 615. The molecule has 0 aromatic heterocycles. The van der Waals surface area contributed by atoms with Crippen LogP contribution in [0.15, 0.2) is 17.2 Å². The number of allylic oxidation sites excluding steroid dienone is 4. The SMILES string of the molecule is C/C=C(C)\C(=C(\C)C(C)(C)C)c1c(C)c(C)c(C)c(C)c1C. The Morgan fingerprint density at radius 2 is 1.09 bits per heavy atom. The molecule has 0 heteroatoms. The number of benzene rings is 1. The minimum atomic E-state index is 0.172. The van der Waals surface area contributed by atoms with Crippen molar-refractivity contribution in [2.75, 3.05) is 0 Å². The van der Waals surface area contributed by atoms with E-state index in [4.69, 9.17) is 0 Å². The van der Waals surface area contributed by atoms with E-state index in [2.05, 4.69) is 82.2 Å². The van der Waals surface area contributed by atoms with Gasteiger partial charge in [0.15, 0.2) is 0 Å². The van der Waals surface area contributed by atoms with Crippen molar-refractivity contribution in [3.8, 4) is 0 Å². The molecule has 1 aromatic rings. The van der Waals surface area contributed by atoms with Crippen LogP contribution in [0.4, 0.5) is 0 Å². The van der Waals surface area contributed by atoms with Crippen LogP contribution in [0.5, 0.6) is 0 Å². The van der Waals surface area contributed by atoms with E-state index in [0.717, 1.165) is 0 Å². The van der Waals surface area contributed by atoms with Gasteiger partial charge in [-0.2, -0.15) is 0 Å². The fraction of sp³-hybridized carbons (Fsp3) is 0.545. The van der Waals surface area contributed by atoms with Crippen molar-refractivity contribution < 1.29 is 0 Å². The van der Waals surface area contributed by atoms with Crippen LogP contribution in [0.3, 0.4) is 0 Å². The predicted molar refractivity (Wildman–Crippen MR) is 102 cm³/mol. The van der Waals surface area contributed by atoms with Crippen molar-refractivity contribution >= 4 is 5.57 Å². The molecule has 0 N–H and O–H groups in total. The van der Waals surface area contributed by atoms with Crippen LogP contribution in [0.2, 0.25) is 0 Å². The summed E-state index contributed by atoms with van der Waals surface area (Å²) in [4.78, 5) is 0. The number of hydrogen-bond donors (Lipinski definition) is 0. The van der Waals surface area contributed by atoms with Crippen LogP contribution >= 0.6 is 0 Å². The van der Waals surface area contributed by atoms with Crippen LogP contribution in [0.25, 0.3) is 5.57 Å². The molecular weight excluding hydrogens is 264 g/mol. The molecule has 122 valence electrons. The lowest BCUT2D eigenvalue weighted by atomic mass is 9.76. The third-order valence-corrected chi connectivity index (χ3v) is 5.58. The summed E-state index contributed by atoms with van der Waals surface area (Å²) in [5.74, 6) is 0. The topological polar surface area (TPSA) is 0 Å². The van der Waals surface area contributed by atoms with Gasteiger partial charge in [-0.3, -0.25) is 0 Å². The van der Waals surface area contributed by atoms with Gasteiger partial charge in [-0.05, 0) is 105 Å². The smallest absolute Gasteiger partial charge is 0.0118 e. The zero-order chi connectivity index (χ0) is 17.4. The maximum absolute atomic E-state index is 2.31. The summed E-state index contributed by atoms with van der Waals surface area (Å²) in [6, 6.07) is 0. The fourth-order valence-corrected chi connectivity index (χ4v) is 3.07. The van der Waals surface area contributed by atoms with Crippen molar-refractivity contribution in [3.63, 3.8) is 0 Å². The summed E-state index contributed by atoms with van der Waals surface area (Å²) < 4.78 is 0. The van der Waals surface area contributed by atoms with E-state index in [1.54, 1.807) is 0 Å². The third kappa shape index (κ3) is 3.21. The number of rotatable bonds is 2. The van der Waals surface area contributed by atoms with Crippen molar-refractivity contribution in [1.29, 1.82) is 0 Å². The lowest BCUT2D eigenvalue weighted by molar-refractivity contribution is 0.506. The zero-order valence-corrected chi connectivity index (χ0v) is 16.6. The van der Waals surface area contributed by atoms with Crippen molar-refractivity contribution in [3.05, 3.63) is 50.6 Å². The molecule has 0 fully saturated rings. The van der Waals surface area contributed by atoms with Crippen LogP contribution < -0.4 is 0 Å². The van der Waals surface area contributed by atoms with E-state index in [-0.39, 0.29) is 5.41 Å². The Morgan fingerprint density at radius 1 is 0.727 bits per heavy atom. The average molecular weight is 299 g/mol. The van der Waals surface area contributed by atoms with Crippen LogP contribution in [0.1, 0.15) is 74.9 Å². The van der Waals surface area contributed by atoms with E-state index in [9.17, 15) is 0 Å². The highest BCUT2D eigenvalue weighted by atomic mass is 14.3. The molecule has 0 amide bonds. The van der Waals surface area contributed by atoms with Crippen molar-refractivity contribution in [2.45, 2.75) is 76.2 Å². The van der Waals surface area contributed by atoms with Gasteiger partial charge in [0.2, 0.25) is 0 Å². The summed E-state index contributed by atoms with van der Waals surface area (Å²) in [6.07, 6.45) is 2.24. The van der Waals surface area contributed by atoms with Gasteiger partial charge in [0.25, 0.3) is 0 Å². The van der Waals surface area contributed by atoms with Crippen LogP contribution in [-0.2, 0) is 0 Å². The molecule has 0 saturated carbocycles. The molecule has 1 rings (SSSR count). The van der Waals surface area contributed by atoms with Gasteiger partial charge in [-0.15, -0.1) is 0 Å². The van der Waals surface area contributed by atoms with Gasteiger partial charge in [0.1, 0.15) is 0 Å². The van der Waals surface area contributed by atoms with Crippen molar-refractivity contribution in [2.24, 2.45) is 5.41 Å². The van der Waals surface area contributed by atoms with E-state index >= 15 is 0 Å². The first kappa shape index (κ1) is 18.7. The van der Waals surface area contributed by atoms with Gasteiger partial charge < -0.3 is 0 Å². The van der Waals surface area contributed by atoms with E-state index in [1.807, 2.05) is 0 Å². The Morgan fingerprint density at radius 3 is 1.41 bits per heavy atom. The highest BCUT2D eigenvalue weighted by Crippen LogP contribution is 2.40.